The molecular formula is C24H33NO6. The molecule has 0 spiro atoms. The molecule has 7 heteroatoms. The Kier molecular flexibility index (Phi) is 6.04. The SMILES string of the molecule is COc1cc(CC(=O)O[C@H](C)C(=O)NC23CC4CC(CC(C4)C2)C3)cc(OC)c1OC. The first-order valence-corrected chi connectivity index (χ1v) is 11.1. The Morgan fingerprint density at radius 1 is 0.968 bits per heavy atom. The quantitative estimate of drug-likeness (QED) is 0.636. The molecule has 1 aromatic rings. The molecule has 1 N–H and O–H groups in total. The second kappa shape index (κ2) is 8.60. The molecule has 0 aromatic heterocycles. The van der Waals surface area contributed by atoms with Crippen molar-refractivity contribution in [1.29, 1.82) is 0 Å². The van der Waals surface area contributed by atoms with Gasteiger partial charge in [0.2, 0.25) is 5.75 Å². The molecule has 1 amide bonds. The summed E-state index contributed by atoms with van der Waals surface area (Å²) in [4.78, 5) is 25.4. The van der Waals surface area contributed by atoms with Crippen molar-refractivity contribution in [3.05, 3.63) is 17.7 Å². The summed E-state index contributed by atoms with van der Waals surface area (Å²) in [5.41, 5.74) is 0.566. The maximum Gasteiger partial charge on any atom is 0.311 e. The summed E-state index contributed by atoms with van der Waals surface area (Å²) in [6.07, 6.45) is 6.32. The number of ether oxygens (including phenoxy) is 4. The Hall–Kier alpha value is -2.44. The van der Waals surface area contributed by atoms with Crippen molar-refractivity contribution in [3.63, 3.8) is 0 Å². The summed E-state index contributed by atoms with van der Waals surface area (Å²) < 4.78 is 21.4. The molecule has 4 aliphatic carbocycles. The third-order valence-electron chi connectivity index (χ3n) is 7.18. The van der Waals surface area contributed by atoms with Crippen molar-refractivity contribution in [1.82, 2.24) is 5.32 Å². The van der Waals surface area contributed by atoms with Gasteiger partial charge in [0.25, 0.3) is 5.91 Å². The molecule has 0 saturated heterocycles. The zero-order valence-corrected chi connectivity index (χ0v) is 18.9. The lowest BCUT2D eigenvalue weighted by molar-refractivity contribution is -0.156. The first kappa shape index (κ1) is 21.8. The Morgan fingerprint density at radius 2 is 1.48 bits per heavy atom. The molecule has 7 nitrogen and oxygen atoms in total. The Labute approximate surface area is 183 Å². The average molecular weight is 432 g/mol. The van der Waals surface area contributed by atoms with Crippen molar-refractivity contribution < 1.29 is 28.5 Å². The van der Waals surface area contributed by atoms with Crippen LogP contribution in [0, 0.1) is 17.8 Å². The van der Waals surface area contributed by atoms with Crippen LogP contribution in [0.25, 0.3) is 0 Å². The zero-order chi connectivity index (χ0) is 22.2. The van der Waals surface area contributed by atoms with E-state index in [-0.39, 0.29) is 17.9 Å². The van der Waals surface area contributed by atoms with E-state index in [0.29, 0.717) is 22.8 Å². The molecule has 0 unspecified atom stereocenters. The van der Waals surface area contributed by atoms with Crippen LogP contribution in [0.4, 0.5) is 0 Å². The average Bonchev–Trinajstić information content (AvgIpc) is 2.71. The number of esters is 1. The number of hydrogen-bond acceptors (Lipinski definition) is 6. The van der Waals surface area contributed by atoms with Gasteiger partial charge in [0.05, 0.1) is 27.8 Å². The molecule has 4 saturated carbocycles. The van der Waals surface area contributed by atoms with Gasteiger partial charge >= 0.3 is 5.97 Å². The van der Waals surface area contributed by atoms with E-state index in [1.54, 1.807) is 19.1 Å². The highest BCUT2D eigenvalue weighted by Crippen LogP contribution is 2.55. The molecule has 4 aliphatic rings. The number of carbonyl (C=O) groups is 2. The fourth-order valence-corrected chi connectivity index (χ4v) is 6.32. The summed E-state index contributed by atoms with van der Waals surface area (Å²) in [6, 6.07) is 3.42. The predicted octanol–water partition coefficient (Wildman–Crippen LogP) is 3.27. The molecule has 0 aliphatic heterocycles. The normalized spacial score (nSPS) is 29.2. The van der Waals surface area contributed by atoms with Gasteiger partial charge in [0.15, 0.2) is 17.6 Å². The largest absolute Gasteiger partial charge is 0.493 e. The van der Waals surface area contributed by atoms with E-state index in [1.165, 1.54) is 40.6 Å². The Morgan fingerprint density at radius 3 is 1.94 bits per heavy atom. The molecular weight excluding hydrogens is 398 g/mol. The zero-order valence-electron chi connectivity index (χ0n) is 18.9. The third-order valence-corrected chi connectivity index (χ3v) is 7.18. The highest BCUT2D eigenvalue weighted by atomic mass is 16.5. The maximum absolute atomic E-state index is 12.9. The van der Waals surface area contributed by atoms with Crippen LogP contribution in [0.5, 0.6) is 17.2 Å². The van der Waals surface area contributed by atoms with Gasteiger partial charge in [-0.25, -0.2) is 0 Å². The van der Waals surface area contributed by atoms with E-state index in [4.69, 9.17) is 18.9 Å². The first-order valence-electron chi connectivity index (χ1n) is 11.1. The van der Waals surface area contributed by atoms with Gasteiger partial charge in [0.1, 0.15) is 0 Å². The Balaban J connectivity index is 1.36. The van der Waals surface area contributed by atoms with Gasteiger partial charge < -0.3 is 24.3 Å². The lowest BCUT2D eigenvalue weighted by Gasteiger charge is -2.57. The summed E-state index contributed by atoms with van der Waals surface area (Å²) in [7, 11) is 4.57. The van der Waals surface area contributed by atoms with Crippen LogP contribution in [0.1, 0.15) is 51.0 Å². The van der Waals surface area contributed by atoms with E-state index < -0.39 is 12.1 Å². The van der Waals surface area contributed by atoms with Gasteiger partial charge in [-0.2, -0.15) is 0 Å². The molecule has 0 radical (unpaired) electrons. The van der Waals surface area contributed by atoms with Crippen LogP contribution in [-0.2, 0) is 20.7 Å². The van der Waals surface area contributed by atoms with Crippen LogP contribution in [-0.4, -0.2) is 44.8 Å². The van der Waals surface area contributed by atoms with E-state index in [0.717, 1.165) is 37.0 Å². The second-order valence-corrected chi connectivity index (χ2v) is 9.53. The van der Waals surface area contributed by atoms with E-state index in [9.17, 15) is 9.59 Å². The predicted molar refractivity (Wildman–Crippen MR) is 114 cm³/mol. The monoisotopic (exact) mass is 431 g/mol. The number of nitrogens with one attached hydrogen (secondary N) is 1. The number of hydrogen-bond donors (Lipinski definition) is 1. The molecule has 1 atom stereocenters. The molecule has 1 aromatic carbocycles. The van der Waals surface area contributed by atoms with E-state index >= 15 is 0 Å². The van der Waals surface area contributed by atoms with E-state index in [2.05, 4.69) is 5.32 Å². The topological polar surface area (TPSA) is 83.1 Å². The van der Waals surface area contributed by atoms with Crippen molar-refractivity contribution in [2.24, 2.45) is 17.8 Å². The number of rotatable bonds is 8. The Bertz CT molecular complexity index is 790. The molecule has 5 rings (SSSR count). The van der Waals surface area contributed by atoms with Gasteiger partial charge in [-0.3, -0.25) is 9.59 Å². The van der Waals surface area contributed by atoms with Gasteiger partial charge in [-0.1, -0.05) is 0 Å². The summed E-state index contributed by atoms with van der Waals surface area (Å²) in [6.45, 7) is 1.64. The smallest absolute Gasteiger partial charge is 0.311 e. The fraction of sp³-hybridized carbons (Fsp3) is 0.667. The number of amides is 1. The van der Waals surface area contributed by atoms with Crippen LogP contribution in [0.3, 0.4) is 0 Å². The number of carbonyl (C=O) groups excluding carboxylic acids is 2. The number of benzene rings is 1. The van der Waals surface area contributed by atoms with Crippen molar-refractivity contribution in [2.45, 2.75) is 63.5 Å². The lowest BCUT2D eigenvalue weighted by Crippen LogP contribution is -2.61. The third kappa shape index (κ3) is 4.46. The summed E-state index contributed by atoms with van der Waals surface area (Å²) in [5.74, 6) is 2.96. The minimum atomic E-state index is -0.831. The molecule has 31 heavy (non-hydrogen) atoms. The standard InChI is InChI=1S/C24H33NO6/c1-14(23(27)25-24-11-16-5-17(12-24)7-18(6-16)13-24)31-21(26)10-15-8-19(28-2)22(30-4)20(9-15)29-3/h8-9,14,16-18H,5-7,10-13H2,1-4H3,(H,25,27)/t14-,16?,17?,18?,24?/m1/s1. The van der Waals surface area contributed by atoms with Gasteiger partial charge in [-0.05, 0) is 80.9 Å². The molecule has 4 fully saturated rings. The van der Waals surface area contributed by atoms with Gasteiger partial charge in [0, 0.05) is 5.54 Å². The van der Waals surface area contributed by atoms with Crippen molar-refractivity contribution in [2.75, 3.05) is 21.3 Å². The van der Waals surface area contributed by atoms with Crippen LogP contribution in [0.15, 0.2) is 12.1 Å². The summed E-state index contributed by atoms with van der Waals surface area (Å²) in [5, 5.41) is 3.27. The van der Waals surface area contributed by atoms with Crippen molar-refractivity contribution in [3.8, 4) is 17.2 Å². The molecule has 4 bridgehead atoms. The van der Waals surface area contributed by atoms with Gasteiger partial charge in [-0.15, -0.1) is 0 Å². The first-order chi connectivity index (χ1) is 14.8. The highest BCUT2D eigenvalue weighted by Gasteiger charge is 2.51. The fourth-order valence-electron chi connectivity index (χ4n) is 6.32. The minimum absolute atomic E-state index is 0.00565. The van der Waals surface area contributed by atoms with Crippen LogP contribution < -0.4 is 19.5 Å². The van der Waals surface area contributed by atoms with Crippen LogP contribution in [0.2, 0.25) is 0 Å². The van der Waals surface area contributed by atoms with Crippen molar-refractivity contribution >= 4 is 11.9 Å². The van der Waals surface area contributed by atoms with E-state index in [1.807, 2.05) is 0 Å². The maximum atomic E-state index is 12.9. The lowest BCUT2D eigenvalue weighted by atomic mass is 9.53. The molecule has 170 valence electrons. The highest BCUT2D eigenvalue weighted by molar-refractivity contribution is 5.84. The summed E-state index contributed by atoms with van der Waals surface area (Å²) >= 11 is 0. The number of methoxy groups -OCH3 is 3. The minimum Gasteiger partial charge on any atom is -0.493 e. The molecule has 0 heterocycles. The van der Waals surface area contributed by atoms with Crippen LogP contribution >= 0.6 is 0 Å². The second-order valence-electron chi connectivity index (χ2n) is 9.53.